The van der Waals surface area contributed by atoms with E-state index in [2.05, 4.69) is 10.6 Å². The van der Waals surface area contributed by atoms with Gasteiger partial charge in [0.25, 0.3) is 5.91 Å². The third-order valence-corrected chi connectivity index (χ3v) is 6.54. The van der Waals surface area contributed by atoms with Gasteiger partial charge in [0.1, 0.15) is 17.6 Å². The highest BCUT2D eigenvalue weighted by molar-refractivity contribution is 14.2. The van der Waals surface area contributed by atoms with Crippen molar-refractivity contribution < 1.29 is 49.1 Å². The Morgan fingerprint density at radius 2 is 1.62 bits per heavy atom. The van der Waals surface area contributed by atoms with Crippen molar-refractivity contribution in [1.82, 2.24) is 10.6 Å². The molecule has 2 N–H and O–H groups in total. The lowest BCUT2D eigenvalue weighted by atomic mass is 9.95. The molecule has 0 aliphatic rings. The molecule has 0 aromatic heterocycles. The molecule has 40 heavy (non-hydrogen) atoms. The van der Waals surface area contributed by atoms with Crippen LogP contribution in [0.15, 0.2) is 42.5 Å². The summed E-state index contributed by atoms with van der Waals surface area (Å²) in [5.41, 5.74) is -4.23. The molecule has 0 saturated carbocycles. The molecule has 0 heterocycles. The fraction of sp³-hybridized carbons (Fsp3) is 0.333. The Balaban J connectivity index is 2.36. The molecule has 0 aliphatic carbocycles. The largest absolute Gasteiger partial charge is 0.417 e. The molecule has 2 aromatic rings. The zero-order chi connectivity index (χ0) is 30.6. The first-order chi connectivity index (χ1) is 18.2. The van der Waals surface area contributed by atoms with Crippen LogP contribution in [0.1, 0.15) is 52.7 Å². The van der Waals surface area contributed by atoms with E-state index in [0.29, 0.717) is 30.3 Å². The summed E-state index contributed by atoms with van der Waals surface area (Å²) in [6.07, 6.45) is -12.0. The summed E-state index contributed by atoms with van der Waals surface area (Å²) >= 11 is 8.44. The number of amides is 2. The molecule has 220 valence electrons. The van der Waals surface area contributed by atoms with Gasteiger partial charge in [0, 0.05) is 18.4 Å². The highest BCUT2D eigenvalue weighted by atomic mass is 127. The fourth-order valence-electron chi connectivity index (χ4n) is 3.33. The molecule has 2 atom stereocenters. The molecule has 2 rings (SSSR count). The Morgan fingerprint density at radius 3 is 2.15 bits per heavy atom. The molecule has 0 radical (unpaired) electrons. The summed E-state index contributed by atoms with van der Waals surface area (Å²) in [5.74, 6) is -7.43. The third kappa shape index (κ3) is 10.3. The lowest BCUT2D eigenvalue weighted by molar-refractivity contribution is -0.140. The van der Waals surface area contributed by atoms with Crippen molar-refractivity contribution in [3.05, 3.63) is 75.6 Å². The number of allylic oxidation sites excluding steroid dienone is 1. The first-order valence-electron chi connectivity index (χ1n) is 11.0. The fourth-order valence-corrected chi connectivity index (χ4v) is 4.06. The molecule has 2 aromatic carbocycles. The Morgan fingerprint density at radius 1 is 1.00 bits per heavy atom. The van der Waals surface area contributed by atoms with Crippen molar-refractivity contribution in [2.75, 3.05) is 0 Å². The topological polar surface area (TPSA) is 58.2 Å². The quantitative estimate of drug-likeness (QED) is 0.115. The van der Waals surface area contributed by atoms with Crippen molar-refractivity contribution in [2.24, 2.45) is 0 Å². The van der Waals surface area contributed by atoms with Crippen LogP contribution in [0.25, 0.3) is 5.83 Å². The van der Waals surface area contributed by atoms with Crippen LogP contribution in [-0.4, -0.2) is 25.8 Å². The molecule has 2 amide bonds. The lowest BCUT2D eigenvalue weighted by Crippen LogP contribution is -2.46. The highest BCUT2D eigenvalue weighted by Crippen LogP contribution is 2.40. The van der Waals surface area contributed by atoms with Crippen LogP contribution in [0.2, 0.25) is 5.02 Å². The van der Waals surface area contributed by atoms with Crippen molar-refractivity contribution in [2.45, 2.75) is 45.9 Å². The average Bonchev–Trinajstić information content (AvgIpc) is 2.80. The first-order valence-corrected chi connectivity index (χ1v) is 13.5. The molecule has 16 heteroatoms. The van der Waals surface area contributed by atoms with Gasteiger partial charge >= 0.3 is 12.4 Å². The number of hydrogen-bond donors (Lipinski definition) is 2. The summed E-state index contributed by atoms with van der Waals surface area (Å²) < 4.78 is 122. The van der Waals surface area contributed by atoms with E-state index in [0.717, 1.165) is 0 Å². The normalized spacial score (nSPS) is 14.5. The smallest absolute Gasteiger partial charge is 0.336 e. The van der Waals surface area contributed by atoms with Crippen LogP contribution >= 0.6 is 56.8 Å². The summed E-state index contributed by atoms with van der Waals surface area (Å²) in [6.45, 7) is 1.23. The van der Waals surface area contributed by atoms with E-state index in [4.69, 9.17) is 11.6 Å². The number of benzene rings is 2. The number of carbonyl (C=O) groups is 2. The van der Waals surface area contributed by atoms with Gasteiger partial charge in [0.2, 0.25) is 7.59 Å². The zero-order valence-electron chi connectivity index (χ0n) is 20.0. The van der Waals surface area contributed by atoms with Gasteiger partial charge < -0.3 is 10.6 Å². The second-order valence-electron chi connectivity index (χ2n) is 8.34. The van der Waals surface area contributed by atoms with E-state index in [1.165, 1.54) is 52.1 Å². The van der Waals surface area contributed by atoms with Gasteiger partial charge in [0.05, 0.1) is 22.3 Å². The van der Waals surface area contributed by atoms with Gasteiger partial charge in [-0.05, 0) is 88.0 Å². The van der Waals surface area contributed by atoms with Crippen LogP contribution in [0.3, 0.4) is 0 Å². The minimum Gasteiger partial charge on any atom is -0.336 e. The summed E-state index contributed by atoms with van der Waals surface area (Å²) in [7, 11) is 0. The number of halogens is 12. The third-order valence-electron chi connectivity index (χ3n) is 5.17. The summed E-state index contributed by atoms with van der Waals surface area (Å²) in [5, 5.41) is 3.69. The molecule has 4 nitrogen and oxygen atoms in total. The standard InChI is InChI=1S/C24H18ClF9I2N2O2/c1-11(37-20(39)6-7-22(28,35)36)38-21(40)14-4-2-13(8-16(14)24(32,33)34)19(27)10-15(23(29,30)31)12-3-5-18(26)17(25)9-12/h2-5,8-11,15H,6-7H2,1H3,(H,37,39)(H,38,40)/b19-10-/t11-,15?/m1/s1. The number of rotatable bonds is 9. The molecule has 0 saturated heterocycles. The van der Waals surface area contributed by atoms with E-state index in [-0.39, 0.29) is 25.0 Å². The number of hydrogen-bond acceptors (Lipinski definition) is 2. The average molecular weight is 827 g/mol. The maximum absolute atomic E-state index is 14.9. The molecule has 0 aliphatic heterocycles. The van der Waals surface area contributed by atoms with Crippen molar-refractivity contribution in [3.8, 4) is 0 Å². The van der Waals surface area contributed by atoms with Crippen LogP contribution in [-0.2, 0) is 11.0 Å². The minimum absolute atomic E-state index is 0.00797. The van der Waals surface area contributed by atoms with Crippen molar-refractivity contribution in [3.63, 3.8) is 0 Å². The summed E-state index contributed by atoms with van der Waals surface area (Å²) in [6, 6.07) is 3.35. The Bertz CT molecular complexity index is 1280. The maximum Gasteiger partial charge on any atom is 0.417 e. The van der Waals surface area contributed by atoms with Gasteiger partial charge in [-0.2, -0.15) is 26.3 Å². The van der Waals surface area contributed by atoms with Crippen molar-refractivity contribution in [1.29, 1.82) is 0 Å². The predicted octanol–water partition coefficient (Wildman–Crippen LogP) is 8.62. The highest BCUT2D eigenvalue weighted by Gasteiger charge is 2.41. The van der Waals surface area contributed by atoms with Gasteiger partial charge in [-0.3, -0.25) is 9.59 Å². The Labute approximate surface area is 254 Å². The monoisotopic (exact) mass is 826 g/mol. The van der Waals surface area contributed by atoms with Crippen LogP contribution in [0.4, 0.5) is 39.5 Å². The Hall–Kier alpha value is -1.76. The van der Waals surface area contributed by atoms with Gasteiger partial charge in [-0.1, -0.05) is 23.7 Å². The predicted molar refractivity (Wildman–Crippen MR) is 147 cm³/mol. The van der Waals surface area contributed by atoms with Gasteiger partial charge in [-0.25, -0.2) is 13.2 Å². The SMILES string of the molecule is C[C@H](NC(=O)CCC(F)(I)I)NC(=O)c1ccc(/C(F)=C/C(c2ccc(F)c(Cl)c2)C(F)(F)F)cc1C(F)(F)F. The second kappa shape index (κ2) is 13.5. The van der Waals surface area contributed by atoms with E-state index >= 15 is 0 Å². The van der Waals surface area contributed by atoms with Crippen molar-refractivity contribution >= 4 is 74.4 Å². The molecule has 0 spiro atoms. The molecule has 0 fully saturated rings. The van der Waals surface area contributed by atoms with Gasteiger partial charge in [-0.15, -0.1) is 0 Å². The lowest BCUT2D eigenvalue weighted by Gasteiger charge is -2.20. The zero-order valence-corrected chi connectivity index (χ0v) is 25.0. The van der Waals surface area contributed by atoms with E-state index < -0.39 is 76.9 Å². The maximum atomic E-state index is 14.9. The molecule has 1 unspecified atom stereocenters. The molecule has 0 bridgehead atoms. The van der Waals surface area contributed by atoms with Crippen LogP contribution in [0.5, 0.6) is 0 Å². The van der Waals surface area contributed by atoms with E-state index in [1.807, 2.05) is 0 Å². The molecular formula is C24H18ClF9I2N2O2. The van der Waals surface area contributed by atoms with E-state index in [9.17, 15) is 49.1 Å². The number of nitrogens with one attached hydrogen (secondary N) is 2. The second-order valence-corrected chi connectivity index (χ2v) is 14.2. The first kappa shape index (κ1) is 34.4. The number of carbonyl (C=O) groups excluding carboxylic acids is 2. The van der Waals surface area contributed by atoms with Crippen LogP contribution < -0.4 is 10.6 Å². The summed E-state index contributed by atoms with van der Waals surface area (Å²) in [4.78, 5) is 24.4. The Kier molecular flexibility index (Phi) is 11.6. The van der Waals surface area contributed by atoms with E-state index in [1.54, 1.807) is 0 Å². The van der Waals surface area contributed by atoms with Gasteiger partial charge in [0.15, 0.2) is 0 Å². The number of alkyl halides is 9. The van der Waals surface area contributed by atoms with Crippen LogP contribution in [0, 0.1) is 5.82 Å². The molecular weight excluding hydrogens is 809 g/mol. The minimum atomic E-state index is -5.23.